The van der Waals surface area contributed by atoms with Crippen molar-refractivity contribution < 1.29 is 0 Å². The Hall–Kier alpha value is -3.86. The van der Waals surface area contributed by atoms with E-state index < -0.39 is 0 Å². The molecule has 5 nitrogen and oxygen atoms in total. The number of benzene rings is 4. The van der Waals surface area contributed by atoms with E-state index >= 15 is 0 Å². The SMILES string of the molecule is c1ccc([N]/N=N/c2c(/N=N/c3ccccc3)ccc3ccccc23)cc1. The molecule has 0 bridgehead atoms. The molecule has 0 atom stereocenters. The number of azo groups is 1. The van der Waals surface area contributed by atoms with Crippen LogP contribution in [0.3, 0.4) is 0 Å². The van der Waals surface area contributed by atoms with Gasteiger partial charge in [-0.05, 0) is 40.9 Å². The largest absolute Gasteiger partial charge is 0.150 e. The lowest BCUT2D eigenvalue weighted by Gasteiger charge is -2.04. The Morgan fingerprint density at radius 2 is 1.15 bits per heavy atom. The Morgan fingerprint density at radius 1 is 0.481 bits per heavy atom. The van der Waals surface area contributed by atoms with Gasteiger partial charge in [-0.1, -0.05) is 66.7 Å². The Bertz CT molecular complexity index is 1090. The van der Waals surface area contributed by atoms with E-state index in [1.165, 1.54) is 0 Å². The van der Waals surface area contributed by atoms with Crippen molar-refractivity contribution in [1.82, 2.24) is 5.43 Å². The van der Waals surface area contributed by atoms with Crippen LogP contribution in [0.5, 0.6) is 0 Å². The molecule has 4 aromatic carbocycles. The van der Waals surface area contributed by atoms with Gasteiger partial charge in [-0.15, -0.1) is 15.7 Å². The summed E-state index contributed by atoms with van der Waals surface area (Å²) in [5.41, 5.74) is 6.97. The molecular weight excluding hydrogens is 334 g/mol. The Morgan fingerprint density at radius 3 is 1.93 bits per heavy atom. The average Bonchev–Trinajstić information content (AvgIpc) is 2.74. The van der Waals surface area contributed by atoms with Crippen LogP contribution in [0.1, 0.15) is 0 Å². The number of fused-ring (bicyclic) bond motifs is 1. The number of nitrogens with zero attached hydrogens (tertiary/aromatic N) is 5. The maximum Gasteiger partial charge on any atom is 0.123 e. The molecule has 5 heteroatoms. The van der Waals surface area contributed by atoms with Gasteiger partial charge in [-0.2, -0.15) is 5.11 Å². The zero-order valence-corrected chi connectivity index (χ0v) is 14.5. The number of rotatable bonds is 5. The molecule has 0 aliphatic carbocycles. The van der Waals surface area contributed by atoms with Crippen molar-refractivity contribution in [1.29, 1.82) is 0 Å². The van der Waals surface area contributed by atoms with Gasteiger partial charge in [0.1, 0.15) is 11.4 Å². The molecule has 129 valence electrons. The predicted molar refractivity (Wildman–Crippen MR) is 107 cm³/mol. The molecule has 4 aromatic rings. The van der Waals surface area contributed by atoms with E-state index in [9.17, 15) is 0 Å². The smallest absolute Gasteiger partial charge is 0.123 e. The lowest BCUT2D eigenvalue weighted by Crippen LogP contribution is -1.83. The van der Waals surface area contributed by atoms with Crippen molar-refractivity contribution in [2.45, 2.75) is 0 Å². The Balaban J connectivity index is 1.70. The van der Waals surface area contributed by atoms with Crippen LogP contribution in [0.15, 0.2) is 118 Å². The van der Waals surface area contributed by atoms with E-state index in [-0.39, 0.29) is 0 Å². The topological polar surface area (TPSA) is 63.5 Å². The molecule has 0 unspecified atom stereocenters. The van der Waals surface area contributed by atoms with E-state index in [1.54, 1.807) is 0 Å². The second-order valence-corrected chi connectivity index (χ2v) is 5.81. The highest BCUT2D eigenvalue weighted by Gasteiger charge is 2.07. The summed E-state index contributed by atoms with van der Waals surface area (Å²) in [4.78, 5) is 0. The van der Waals surface area contributed by atoms with Crippen molar-refractivity contribution in [2.24, 2.45) is 20.6 Å². The highest BCUT2D eigenvalue weighted by Crippen LogP contribution is 2.37. The highest BCUT2D eigenvalue weighted by atomic mass is 15.4. The van der Waals surface area contributed by atoms with Gasteiger partial charge < -0.3 is 0 Å². The van der Waals surface area contributed by atoms with Crippen LogP contribution in [0.25, 0.3) is 10.8 Å². The summed E-state index contributed by atoms with van der Waals surface area (Å²) in [7, 11) is 0. The van der Waals surface area contributed by atoms with Crippen molar-refractivity contribution in [3.8, 4) is 0 Å². The van der Waals surface area contributed by atoms with Gasteiger partial charge in [-0.25, -0.2) is 0 Å². The minimum Gasteiger partial charge on any atom is -0.150 e. The maximum absolute atomic E-state index is 4.38. The third kappa shape index (κ3) is 4.04. The van der Waals surface area contributed by atoms with Crippen LogP contribution in [0.2, 0.25) is 0 Å². The Kier molecular flexibility index (Phi) is 4.93. The third-order valence-corrected chi connectivity index (χ3v) is 3.97. The zero-order valence-electron chi connectivity index (χ0n) is 14.5. The fourth-order valence-electron chi connectivity index (χ4n) is 2.65. The fraction of sp³-hybridized carbons (Fsp3) is 0. The summed E-state index contributed by atoms with van der Waals surface area (Å²) in [5, 5.41) is 19.1. The van der Waals surface area contributed by atoms with Crippen molar-refractivity contribution in [2.75, 3.05) is 0 Å². The van der Waals surface area contributed by atoms with E-state index in [2.05, 4.69) is 26.0 Å². The summed E-state index contributed by atoms with van der Waals surface area (Å²) in [5.74, 6) is 0. The van der Waals surface area contributed by atoms with Crippen LogP contribution >= 0.6 is 0 Å². The van der Waals surface area contributed by atoms with Gasteiger partial charge in [0.05, 0.1) is 11.4 Å². The monoisotopic (exact) mass is 350 g/mol. The first-order valence-electron chi connectivity index (χ1n) is 8.55. The van der Waals surface area contributed by atoms with Crippen molar-refractivity contribution in [3.63, 3.8) is 0 Å². The van der Waals surface area contributed by atoms with Gasteiger partial charge >= 0.3 is 0 Å². The molecular formula is C22H16N5. The van der Waals surface area contributed by atoms with Crippen LogP contribution in [-0.4, -0.2) is 0 Å². The first-order valence-corrected chi connectivity index (χ1v) is 8.55. The molecule has 0 heterocycles. The first-order chi connectivity index (χ1) is 13.4. The molecule has 0 saturated heterocycles. The fourth-order valence-corrected chi connectivity index (χ4v) is 2.65. The maximum atomic E-state index is 4.38. The molecule has 0 aliphatic rings. The van der Waals surface area contributed by atoms with E-state index in [0.717, 1.165) is 22.1 Å². The molecule has 0 aliphatic heterocycles. The van der Waals surface area contributed by atoms with Gasteiger partial charge in [-0.3, -0.25) is 0 Å². The molecule has 0 saturated carbocycles. The normalized spacial score (nSPS) is 11.4. The van der Waals surface area contributed by atoms with Crippen molar-refractivity contribution >= 4 is 33.5 Å². The molecule has 0 fully saturated rings. The van der Waals surface area contributed by atoms with E-state index in [4.69, 9.17) is 0 Å². The minimum atomic E-state index is 0.643. The van der Waals surface area contributed by atoms with E-state index in [1.807, 2.05) is 97.1 Å². The molecule has 1 radical (unpaired) electrons. The summed E-state index contributed by atoms with van der Waals surface area (Å²) < 4.78 is 0. The van der Waals surface area contributed by atoms with Crippen LogP contribution in [-0.2, 0) is 0 Å². The second-order valence-electron chi connectivity index (χ2n) is 5.81. The summed E-state index contributed by atoms with van der Waals surface area (Å²) >= 11 is 0. The van der Waals surface area contributed by atoms with Crippen LogP contribution in [0.4, 0.5) is 22.7 Å². The lowest BCUT2D eigenvalue weighted by molar-refractivity contribution is 0.868. The van der Waals surface area contributed by atoms with Gasteiger partial charge in [0.15, 0.2) is 0 Å². The van der Waals surface area contributed by atoms with Crippen LogP contribution < -0.4 is 5.43 Å². The average molecular weight is 350 g/mol. The predicted octanol–water partition coefficient (Wildman–Crippen LogP) is 7.19. The van der Waals surface area contributed by atoms with Gasteiger partial charge in [0.2, 0.25) is 0 Å². The molecule has 0 aromatic heterocycles. The molecule has 0 spiro atoms. The molecule has 0 N–H and O–H groups in total. The first kappa shape index (κ1) is 16.6. The van der Waals surface area contributed by atoms with Gasteiger partial charge in [0.25, 0.3) is 0 Å². The molecule has 27 heavy (non-hydrogen) atoms. The Labute approximate surface area is 157 Å². The zero-order chi connectivity index (χ0) is 18.3. The summed E-state index contributed by atoms with van der Waals surface area (Å²) in [6.45, 7) is 0. The van der Waals surface area contributed by atoms with Crippen molar-refractivity contribution in [3.05, 3.63) is 97.1 Å². The van der Waals surface area contributed by atoms with Crippen LogP contribution in [0, 0.1) is 0 Å². The van der Waals surface area contributed by atoms with Gasteiger partial charge in [0, 0.05) is 5.39 Å². The molecule has 0 amide bonds. The minimum absolute atomic E-state index is 0.643. The highest BCUT2D eigenvalue weighted by molar-refractivity contribution is 5.97. The standard InChI is InChI=1S/C22H16N5/c1-3-10-18(11-4-1)23-25-21-16-15-17-9-7-8-14-20(17)22(21)26-27-24-19-12-5-2-6-13-19/h1-16H/b25-23+,27-26+. The third-order valence-electron chi connectivity index (χ3n) is 3.97. The lowest BCUT2D eigenvalue weighted by atomic mass is 10.1. The van der Waals surface area contributed by atoms with E-state index in [0.29, 0.717) is 11.4 Å². The summed E-state index contributed by atoms with van der Waals surface area (Å²) in [6.07, 6.45) is 0. The summed E-state index contributed by atoms with van der Waals surface area (Å²) in [6, 6.07) is 31.0. The molecule has 4 rings (SSSR count). The quantitative estimate of drug-likeness (QED) is 0.270. The second kappa shape index (κ2) is 8.01. The number of hydrogen-bond donors (Lipinski definition) is 0. The number of hydrogen-bond acceptors (Lipinski definition) is 4.